The molecule has 0 fully saturated rings. The Hall–Kier alpha value is -1.01. The van der Waals surface area contributed by atoms with Gasteiger partial charge < -0.3 is 14.7 Å². The molecule has 1 N–H and O–H groups in total. The molecule has 0 bridgehead atoms. The molecule has 12 heavy (non-hydrogen) atoms. The van der Waals surface area contributed by atoms with Crippen molar-refractivity contribution >= 4 is 29.8 Å². The number of aliphatic hydroxyl groups is 1. The molecule has 3 atom stereocenters. The predicted octanol–water partition coefficient (Wildman–Crippen LogP) is -0.514. The molecule has 6 heteroatoms. The summed E-state index contributed by atoms with van der Waals surface area (Å²) in [6.45, 7) is 0. The lowest BCUT2D eigenvalue weighted by Crippen LogP contribution is -2.48. The number of rotatable bonds is 0. The van der Waals surface area contributed by atoms with Crippen LogP contribution in [0.3, 0.4) is 0 Å². The van der Waals surface area contributed by atoms with Crippen LogP contribution in [-0.4, -0.2) is 41.0 Å². The fourth-order valence-electron chi connectivity index (χ4n) is 1.04. The van der Waals surface area contributed by atoms with Crippen molar-refractivity contribution in [3.63, 3.8) is 0 Å². The molecule has 2 heterocycles. The van der Waals surface area contributed by atoms with Crippen LogP contribution in [0.1, 0.15) is 0 Å². The zero-order valence-corrected chi connectivity index (χ0v) is 6.77. The van der Waals surface area contributed by atoms with Crippen molar-refractivity contribution in [1.82, 2.24) is 0 Å². The van der Waals surface area contributed by atoms with Crippen LogP contribution in [0.4, 0.5) is 0 Å². The zero-order valence-electron chi connectivity index (χ0n) is 5.95. The van der Waals surface area contributed by atoms with Crippen molar-refractivity contribution in [3.8, 4) is 0 Å². The fraction of sp³-hybridized carbons (Fsp3) is 0.500. The molecule has 0 aliphatic carbocycles. The van der Waals surface area contributed by atoms with E-state index in [-0.39, 0.29) is 5.17 Å². The van der Waals surface area contributed by atoms with E-state index in [1.807, 2.05) is 0 Å². The molecule has 0 aromatic carbocycles. The van der Waals surface area contributed by atoms with Crippen molar-refractivity contribution < 1.29 is 14.7 Å². The number of hydrogen-bond acceptors (Lipinski definition) is 5. The molecule has 0 unspecified atom stereocenters. The molecule has 64 valence electrons. The van der Waals surface area contributed by atoms with Crippen LogP contribution in [0.25, 0.3) is 0 Å². The summed E-state index contributed by atoms with van der Waals surface area (Å²) in [5, 5.41) is 12.9. The van der Waals surface area contributed by atoms with Crippen LogP contribution in [0.2, 0.25) is 0 Å². The summed E-state index contributed by atoms with van der Waals surface area (Å²) >= 11 is 4.70. The Bertz CT molecular complexity index is 266. The molecule has 0 amide bonds. The maximum Gasteiger partial charge on any atom is 0.283 e. The van der Waals surface area contributed by atoms with Gasteiger partial charge in [-0.1, -0.05) is 5.16 Å². The minimum Gasteiger partial charge on any atom is -0.458 e. The quantitative estimate of drug-likeness (QED) is 0.517. The lowest BCUT2D eigenvalue weighted by molar-refractivity contribution is -0.0481. The van der Waals surface area contributed by atoms with Gasteiger partial charge in [-0.2, -0.15) is 0 Å². The summed E-state index contributed by atoms with van der Waals surface area (Å²) in [7, 11) is 0. The van der Waals surface area contributed by atoms with Gasteiger partial charge in [0.25, 0.3) is 5.17 Å². The second-order valence-corrected chi connectivity index (χ2v) is 2.79. The van der Waals surface area contributed by atoms with Crippen LogP contribution in [0.15, 0.2) is 10.1 Å². The van der Waals surface area contributed by atoms with Gasteiger partial charge in [0.15, 0.2) is 6.10 Å². The minimum absolute atomic E-state index is 0.120. The highest BCUT2D eigenvalue weighted by molar-refractivity contribution is 7.80. The van der Waals surface area contributed by atoms with Crippen LogP contribution >= 0.6 is 12.2 Å². The van der Waals surface area contributed by atoms with Gasteiger partial charge in [0.05, 0.1) is 12.4 Å². The lowest BCUT2D eigenvalue weighted by atomic mass is 10.1. The first-order valence-electron chi connectivity index (χ1n) is 3.39. The summed E-state index contributed by atoms with van der Waals surface area (Å²) in [4.78, 5) is 8.60. The first-order chi connectivity index (χ1) is 5.77. The summed E-state index contributed by atoms with van der Waals surface area (Å²) in [6.07, 6.45) is 1.02. The number of fused-ring (bicyclic) bond motifs is 1. The topological polar surface area (TPSA) is 63.4 Å². The first kappa shape index (κ1) is 7.63. The van der Waals surface area contributed by atoms with E-state index < -0.39 is 18.3 Å². The van der Waals surface area contributed by atoms with Crippen molar-refractivity contribution in [3.05, 3.63) is 0 Å². The number of hydrogen-bond donors (Lipinski definition) is 1. The first-order valence-corrected chi connectivity index (χ1v) is 3.80. The number of aliphatic hydroxyl groups excluding tert-OH is 1. The molecule has 2 rings (SSSR count). The normalized spacial score (nSPS) is 38.4. The van der Waals surface area contributed by atoms with Crippen LogP contribution in [0, 0.1) is 0 Å². The van der Waals surface area contributed by atoms with Gasteiger partial charge in [0.2, 0.25) is 6.10 Å². The predicted molar refractivity (Wildman–Crippen MR) is 45.3 cm³/mol. The van der Waals surface area contributed by atoms with E-state index in [9.17, 15) is 5.11 Å². The molecule has 0 spiro atoms. The number of aliphatic imine (C=N–C) groups is 1. The summed E-state index contributed by atoms with van der Waals surface area (Å²) < 4.78 is 5.07. The van der Waals surface area contributed by atoms with Crippen molar-refractivity contribution in [1.29, 1.82) is 0 Å². The van der Waals surface area contributed by atoms with Gasteiger partial charge in [-0.3, -0.25) is 0 Å². The van der Waals surface area contributed by atoms with Gasteiger partial charge in [0.1, 0.15) is 6.10 Å². The van der Waals surface area contributed by atoms with E-state index in [1.54, 1.807) is 0 Å². The average Bonchev–Trinajstić information content (AvgIpc) is 2.07. The van der Waals surface area contributed by atoms with E-state index in [1.165, 1.54) is 12.4 Å². The molecule has 0 saturated carbocycles. The summed E-state index contributed by atoms with van der Waals surface area (Å²) in [5.41, 5.74) is 0. The smallest absolute Gasteiger partial charge is 0.283 e. The average molecular weight is 186 g/mol. The van der Waals surface area contributed by atoms with Gasteiger partial charge in [-0.15, -0.1) is 0 Å². The standard InChI is InChI=1S/C6H6N2O3S/c9-3-1-8-11-4-2-7-6(12)10-5(3)4/h1-5,9H/t3-,4+,5+/m1/s1. The molecule has 0 saturated heterocycles. The largest absolute Gasteiger partial charge is 0.458 e. The zero-order chi connectivity index (χ0) is 8.55. The van der Waals surface area contributed by atoms with E-state index in [4.69, 9.17) is 21.8 Å². The molecule has 5 nitrogen and oxygen atoms in total. The van der Waals surface area contributed by atoms with Crippen molar-refractivity contribution in [2.75, 3.05) is 0 Å². The van der Waals surface area contributed by atoms with Gasteiger partial charge >= 0.3 is 0 Å². The Balaban J connectivity index is 2.22. The summed E-state index contributed by atoms with van der Waals surface area (Å²) in [6, 6.07) is 0. The highest BCUT2D eigenvalue weighted by atomic mass is 32.1. The molecule has 0 aromatic heterocycles. The molecular weight excluding hydrogens is 180 g/mol. The van der Waals surface area contributed by atoms with Crippen LogP contribution in [-0.2, 0) is 9.57 Å². The number of oxime groups is 1. The second-order valence-electron chi connectivity index (χ2n) is 2.44. The molecule has 2 aliphatic heterocycles. The van der Waals surface area contributed by atoms with Crippen LogP contribution < -0.4 is 0 Å². The Morgan fingerprint density at radius 1 is 1.50 bits per heavy atom. The highest BCUT2D eigenvalue weighted by Gasteiger charge is 2.36. The fourth-order valence-corrected chi connectivity index (χ4v) is 1.21. The maximum absolute atomic E-state index is 9.35. The molecular formula is C6H6N2O3S. The number of nitrogens with zero attached hydrogens (tertiary/aromatic N) is 2. The van der Waals surface area contributed by atoms with Crippen molar-refractivity contribution in [2.45, 2.75) is 18.3 Å². The van der Waals surface area contributed by atoms with E-state index in [0.717, 1.165) is 0 Å². The third-order valence-electron chi connectivity index (χ3n) is 1.62. The Morgan fingerprint density at radius 2 is 2.33 bits per heavy atom. The van der Waals surface area contributed by atoms with Crippen LogP contribution in [0.5, 0.6) is 0 Å². The third-order valence-corrected chi connectivity index (χ3v) is 1.82. The van der Waals surface area contributed by atoms with Gasteiger partial charge in [0, 0.05) is 0 Å². The Labute approximate surface area is 73.7 Å². The monoisotopic (exact) mass is 186 g/mol. The van der Waals surface area contributed by atoms with Crippen molar-refractivity contribution in [2.24, 2.45) is 10.1 Å². The van der Waals surface area contributed by atoms with E-state index in [2.05, 4.69) is 10.1 Å². The molecule has 0 radical (unpaired) electrons. The van der Waals surface area contributed by atoms with Gasteiger partial charge in [-0.05, 0) is 12.2 Å². The number of thiocarbonyl (C=S) groups is 1. The third kappa shape index (κ3) is 1.19. The lowest BCUT2D eigenvalue weighted by Gasteiger charge is -2.30. The van der Waals surface area contributed by atoms with E-state index >= 15 is 0 Å². The molecule has 0 aromatic rings. The van der Waals surface area contributed by atoms with Gasteiger partial charge in [-0.25, -0.2) is 4.99 Å². The molecule has 2 aliphatic rings. The van der Waals surface area contributed by atoms with E-state index in [0.29, 0.717) is 0 Å². The minimum atomic E-state index is -0.784. The Kier molecular flexibility index (Phi) is 1.78. The Morgan fingerprint density at radius 3 is 3.17 bits per heavy atom. The highest BCUT2D eigenvalue weighted by Crippen LogP contribution is 2.16. The number of ether oxygens (including phenoxy) is 1. The summed E-state index contributed by atoms with van der Waals surface area (Å²) in [5.74, 6) is 0. The SMILES string of the molecule is O[C@@H]1C=NO[C@H]2C=NC(=S)O[C@@H]12. The second kappa shape index (κ2) is 2.80. The maximum atomic E-state index is 9.35.